The van der Waals surface area contributed by atoms with Crippen molar-refractivity contribution in [2.24, 2.45) is 0 Å². The maximum atomic E-state index is 5.86. The number of hydrogen-bond donors (Lipinski definition) is 1. The number of aromatic nitrogens is 2. The van der Waals surface area contributed by atoms with Crippen LogP contribution in [0.4, 0.5) is 0 Å². The van der Waals surface area contributed by atoms with E-state index in [9.17, 15) is 0 Å². The standard InChI is InChI=1S/C13H14ClN3O/c1-2-15-6-10-3-4-16-9-13(10)18-12-5-11(14)7-17-8-12/h3-5,7-9,15H,2,6H2,1H3. The number of rotatable bonds is 5. The molecule has 1 N–H and O–H groups in total. The van der Waals surface area contributed by atoms with E-state index in [1.54, 1.807) is 30.9 Å². The minimum atomic E-state index is 0.546. The Hall–Kier alpha value is -1.65. The van der Waals surface area contributed by atoms with E-state index < -0.39 is 0 Å². The highest BCUT2D eigenvalue weighted by atomic mass is 35.5. The van der Waals surface area contributed by atoms with Crippen LogP contribution in [-0.4, -0.2) is 16.5 Å². The first-order valence-electron chi connectivity index (χ1n) is 5.71. The molecule has 2 aromatic rings. The Kier molecular flexibility index (Phi) is 4.50. The molecule has 0 saturated heterocycles. The van der Waals surface area contributed by atoms with Gasteiger partial charge >= 0.3 is 0 Å². The van der Waals surface area contributed by atoms with Crippen molar-refractivity contribution in [3.8, 4) is 11.5 Å². The van der Waals surface area contributed by atoms with Crippen LogP contribution in [0.1, 0.15) is 12.5 Å². The Balaban J connectivity index is 2.17. The van der Waals surface area contributed by atoms with Gasteiger partial charge in [0.1, 0.15) is 11.5 Å². The van der Waals surface area contributed by atoms with E-state index in [1.165, 1.54) is 0 Å². The first-order chi connectivity index (χ1) is 8.79. The first kappa shape index (κ1) is 12.8. The Morgan fingerprint density at radius 1 is 1.28 bits per heavy atom. The summed E-state index contributed by atoms with van der Waals surface area (Å²) >= 11 is 5.86. The van der Waals surface area contributed by atoms with E-state index in [-0.39, 0.29) is 0 Å². The number of hydrogen-bond acceptors (Lipinski definition) is 4. The Labute approximate surface area is 111 Å². The van der Waals surface area contributed by atoms with Crippen LogP contribution in [0.25, 0.3) is 0 Å². The van der Waals surface area contributed by atoms with Gasteiger partial charge in [-0.2, -0.15) is 0 Å². The van der Waals surface area contributed by atoms with Gasteiger partial charge in [-0.25, -0.2) is 0 Å². The molecule has 0 unspecified atom stereocenters. The van der Waals surface area contributed by atoms with Crippen LogP contribution in [0, 0.1) is 0 Å². The fourth-order valence-corrected chi connectivity index (χ4v) is 1.65. The number of ether oxygens (including phenoxy) is 1. The molecule has 0 aliphatic heterocycles. The van der Waals surface area contributed by atoms with Crippen LogP contribution >= 0.6 is 11.6 Å². The fourth-order valence-electron chi connectivity index (χ4n) is 1.48. The van der Waals surface area contributed by atoms with Gasteiger partial charge in [0.2, 0.25) is 0 Å². The van der Waals surface area contributed by atoms with Crippen LogP contribution in [0.2, 0.25) is 5.02 Å². The van der Waals surface area contributed by atoms with Crippen molar-refractivity contribution in [1.82, 2.24) is 15.3 Å². The van der Waals surface area contributed by atoms with E-state index in [0.717, 1.165) is 18.7 Å². The summed E-state index contributed by atoms with van der Waals surface area (Å²) in [6.45, 7) is 3.70. The fraction of sp³-hybridized carbons (Fsp3) is 0.231. The number of nitrogens with one attached hydrogen (secondary N) is 1. The molecule has 0 atom stereocenters. The SMILES string of the molecule is CCNCc1ccncc1Oc1cncc(Cl)c1. The molecule has 2 rings (SSSR count). The first-order valence-corrected chi connectivity index (χ1v) is 6.09. The molecule has 0 aliphatic rings. The Morgan fingerprint density at radius 2 is 2.17 bits per heavy atom. The topological polar surface area (TPSA) is 47.0 Å². The molecule has 0 aromatic carbocycles. The van der Waals surface area contributed by atoms with Crippen molar-refractivity contribution in [3.05, 3.63) is 47.5 Å². The zero-order valence-corrected chi connectivity index (χ0v) is 10.8. The highest BCUT2D eigenvalue weighted by Gasteiger charge is 2.05. The smallest absolute Gasteiger partial charge is 0.150 e. The summed E-state index contributed by atoms with van der Waals surface area (Å²) in [4.78, 5) is 8.05. The van der Waals surface area contributed by atoms with Crippen LogP contribution in [0.3, 0.4) is 0 Å². The zero-order valence-electron chi connectivity index (χ0n) is 10.1. The molecule has 4 nitrogen and oxygen atoms in total. The Morgan fingerprint density at radius 3 is 2.94 bits per heavy atom. The number of pyridine rings is 2. The van der Waals surface area contributed by atoms with E-state index in [0.29, 0.717) is 16.5 Å². The molecule has 0 spiro atoms. The minimum absolute atomic E-state index is 0.546. The van der Waals surface area contributed by atoms with Crippen LogP contribution in [0.5, 0.6) is 11.5 Å². The summed E-state index contributed by atoms with van der Waals surface area (Å²) in [5.74, 6) is 1.32. The minimum Gasteiger partial charge on any atom is -0.454 e. The van der Waals surface area contributed by atoms with E-state index >= 15 is 0 Å². The quantitative estimate of drug-likeness (QED) is 0.901. The molecule has 0 saturated carbocycles. The molecule has 0 amide bonds. The molecule has 0 fully saturated rings. The third-order valence-corrected chi connectivity index (χ3v) is 2.55. The highest BCUT2D eigenvalue weighted by Crippen LogP contribution is 2.25. The zero-order chi connectivity index (χ0) is 12.8. The van der Waals surface area contributed by atoms with Gasteiger partial charge in [0.25, 0.3) is 0 Å². The molecular weight excluding hydrogens is 250 g/mol. The molecule has 2 heterocycles. The second-order valence-corrected chi connectivity index (χ2v) is 4.14. The molecular formula is C13H14ClN3O. The molecule has 94 valence electrons. The lowest BCUT2D eigenvalue weighted by atomic mass is 10.2. The van der Waals surface area contributed by atoms with Crippen molar-refractivity contribution in [2.75, 3.05) is 6.54 Å². The molecule has 0 aliphatic carbocycles. The lowest BCUT2D eigenvalue weighted by Crippen LogP contribution is -2.12. The molecule has 0 radical (unpaired) electrons. The molecule has 5 heteroatoms. The monoisotopic (exact) mass is 263 g/mol. The van der Waals surface area contributed by atoms with Gasteiger partial charge in [0.15, 0.2) is 0 Å². The van der Waals surface area contributed by atoms with Gasteiger partial charge in [-0.15, -0.1) is 0 Å². The summed E-state index contributed by atoms with van der Waals surface area (Å²) in [5.41, 5.74) is 1.05. The third kappa shape index (κ3) is 3.42. The lowest BCUT2D eigenvalue weighted by Gasteiger charge is -2.10. The van der Waals surface area contributed by atoms with Gasteiger partial charge in [0, 0.05) is 30.6 Å². The number of nitrogens with zero attached hydrogens (tertiary/aromatic N) is 2. The average molecular weight is 264 g/mol. The van der Waals surface area contributed by atoms with Crippen LogP contribution in [0.15, 0.2) is 36.9 Å². The second kappa shape index (κ2) is 6.33. The van der Waals surface area contributed by atoms with Gasteiger partial charge in [-0.05, 0) is 12.6 Å². The van der Waals surface area contributed by atoms with E-state index in [1.807, 2.05) is 6.07 Å². The summed E-state index contributed by atoms with van der Waals surface area (Å²) in [6.07, 6.45) is 6.62. The van der Waals surface area contributed by atoms with Gasteiger partial charge in [0.05, 0.1) is 17.4 Å². The van der Waals surface area contributed by atoms with Crippen molar-refractivity contribution in [2.45, 2.75) is 13.5 Å². The normalized spacial score (nSPS) is 10.3. The number of halogens is 1. The van der Waals surface area contributed by atoms with Gasteiger partial charge in [-0.1, -0.05) is 18.5 Å². The average Bonchev–Trinajstić information content (AvgIpc) is 2.38. The second-order valence-electron chi connectivity index (χ2n) is 3.70. The van der Waals surface area contributed by atoms with Crippen molar-refractivity contribution in [1.29, 1.82) is 0 Å². The predicted molar refractivity (Wildman–Crippen MR) is 70.9 cm³/mol. The maximum Gasteiger partial charge on any atom is 0.150 e. The molecule has 0 bridgehead atoms. The maximum absolute atomic E-state index is 5.86. The van der Waals surface area contributed by atoms with Gasteiger partial charge in [-0.3, -0.25) is 9.97 Å². The summed E-state index contributed by atoms with van der Waals surface area (Å²) in [6, 6.07) is 3.65. The summed E-state index contributed by atoms with van der Waals surface area (Å²) in [5, 5.41) is 3.80. The largest absolute Gasteiger partial charge is 0.454 e. The van der Waals surface area contributed by atoms with E-state index in [4.69, 9.17) is 16.3 Å². The van der Waals surface area contributed by atoms with Crippen LogP contribution in [-0.2, 0) is 6.54 Å². The van der Waals surface area contributed by atoms with Gasteiger partial charge < -0.3 is 10.1 Å². The van der Waals surface area contributed by atoms with Crippen LogP contribution < -0.4 is 10.1 Å². The molecule has 18 heavy (non-hydrogen) atoms. The Bertz CT molecular complexity index is 519. The van der Waals surface area contributed by atoms with Crippen molar-refractivity contribution in [3.63, 3.8) is 0 Å². The van der Waals surface area contributed by atoms with Crippen molar-refractivity contribution >= 4 is 11.6 Å². The summed E-state index contributed by atoms with van der Waals surface area (Å²) < 4.78 is 5.74. The van der Waals surface area contributed by atoms with Crippen molar-refractivity contribution < 1.29 is 4.74 Å². The predicted octanol–water partition coefficient (Wildman–Crippen LogP) is 3.03. The van der Waals surface area contributed by atoms with E-state index in [2.05, 4.69) is 22.2 Å². The third-order valence-electron chi connectivity index (χ3n) is 2.34. The molecule has 2 aromatic heterocycles. The lowest BCUT2D eigenvalue weighted by molar-refractivity contribution is 0.468. The summed E-state index contributed by atoms with van der Waals surface area (Å²) in [7, 11) is 0. The highest BCUT2D eigenvalue weighted by molar-refractivity contribution is 6.30.